The zero-order valence-corrected chi connectivity index (χ0v) is 15.8. The molecule has 0 fully saturated rings. The minimum Gasteiger partial charge on any atom is -0.493 e. The van der Waals surface area contributed by atoms with Crippen molar-refractivity contribution in [3.8, 4) is 23.3 Å². The smallest absolute Gasteiger partial charge is 0.266 e. The van der Waals surface area contributed by atoms with Crippen molar-refractivity contribution in [2.75, 3.05) is 25.6 Å². The van der Waals surface area contributed by atoms with Gasteiger partial charge in [-0.15, -0.1) is 0 Å². The number of hydrogen-bond donors (Lipinski definition) is 1. The maximum absolute atomic E-state index is 12.7. The molecule has 0 unspecified atom stereocenters. The van der Waals surface area contributed by atoms with Crippen LogP contribution in [0.25, 0.3) is 16.8 Å². The van der Waals surface area contributed by atoms with Crippen LogP contribution < -0.4 is 19.5 Å². The zero-order chi connectivity index (χ0) is 20.2. The van der Waals surface area contributed by atoms with Gasteiger partial charge in [-0.3, -0.25) is 4.79 Å². The van der Waals surface area contributed by atoms with E-state index in [0.717, 1.165) is 10.8 Å². The number of nitrogens with one attached hydrogen (secondary N) is 1. The van der Waals surface area contributed by atoms with Gasteiger partial charge in [0.05, 0.1) is 7.11 Å². The molecule has 0 saturated carbocycles. The minimum absolute atomic E-state index is 0.0309. The van der Waals surface area contributed by atoms with E-state index in [1.165, 1.54) is 13.2 Å². The molecular formula is C23H18N2O4. The Morgan fingerprint density at radius 1 is 1.14 bits per heavy atom. The molecule has 0 radical (unpaired) electrons. The van der Waals surface area contributed by atoms with Crippen LogP contribution in [-0.4, -0.2) is 26.2 Å². The van der Waals surface area contributed by atoms with Crippen molar-refractivity contribution in [1.29, 1.82) is 5.26 Å². The van der Waals surface area contributed by atoms with Crippen molar-refractivity contribution in [2.24, 2.45) is 0 Å². The summed E-state index contributed by atoms with van der Waals surface area (Å²) >= 11 is 0. The zero-order valence-electron chi connectivity index (χ0n) is 15.8. The average Bonchev–Trinajstić information content (AvgIpc) is 2.77. The first-order valence-corrected chi connectivity index (χ1v) is 9.08. The van der Waals surface area contributed by atoms with Gasteiger partial charge in [-0.25, -0.2) is 0 Å². The molecule has 1 heterocycles. The molecular weight excluding hydrogens is 368 g/mol. The van der Waals surface area contributed by atoms with E-state index in [2.05, 4.69) is 5.32 Å². The quantitative estimate of drug-likeness (QED) is 0.538. The fourth-order valence-corrected chi connectivity index (χ4v) is 3.22. The molecule has 0 atom stereocenters. The number of anilines is 1. The summed E-state index contributed by atoms with van der Waals surface area (Å²) in [5, 5.41) is 14.3. The molecule has 0 saturated heterocycles. The topological polar surface area (TPSA) is 80.6 Å². The fraction of sp³-hybridized carbons (Fsp3) is 0.130. The van der Waals surface area contributed by atoms with Crippen molar-refractivity contribution in [2.45, 2.75) is 0 Å². The van der Waals surface area contributed by atoms with Crippen molar-refractivity contribution < 1.29 is 19.0 Å². The second kappa shape index (κ2) is 7.95. The summed E-state index contributed by atoms with van der Waals surface area (Å²) in [7, 11) is 1.53. The Kier molecular flexibility index (Phi) is 5.04. The average molecular weight is 386 g/mol. The number of rotatable bonds is 4. The van der Waals surface area contributed by atoms with Crippen molar-refractivity contribution in [3.05, 3.63) is 65.7 Å². The largest absolute Gasteiger partial charge is 0.493 e. The maximum atomic E-state index is 12.7. The lowest BCUT2D eigenvalue weighted by Crippen LogP contribution is -2.16. The van der Waals surface area contributed by atoms with E-state index in [0.29, 0.717) is 41.7 Å². The van der Waals surface area contributed by atoms with Crippen molar-refractivity contribution in [3.63, 3.8) is 0 Å². The molecule has 144 valence electrons. The Morgan fingerprint density at radius 2 is 1.93 bits per heavy atom. The number of amides is 1. The van der Waals surface area contributed by atoms with Crippen LogP contribution in [0.4, 0.5) is 5.69 Å². The molecule has 0 aliphatic carbocycles. The van der Waals surface area contributed by atoms with Gasteiger partial charge < -0.3 is 19.5 Å². The van der Waals surface area contributed by atoms with Crippen LogP contribution in [0.3, 0.4) is 0 Å². The van der Waals surface area contributed by atoms with Gasteiger partial charge in [0.2, 0.25) is 5.75 Å². The predicted molar refractivity (Wildman–Crippen MR) is 110 cm³/mol. The Balaban J connectivity index is 1.66. The Morgan fingerprint density at radius 3 is 2.76 bits per heavy atom. The molecule has 1 aliphatic heterocycles. The molecule has 1 amide bonds. The molecule has 6 heteroatoms. The highest BCUT2D eigenvalue weighted by molar-refractivity contribution is 6.13. The molecule has 3 aromatic carbocycles. The van der Waals surface area contributed by atoms with Gasteiger partial charge in [-0.05, 0) is 35.2 Å². The normalized spacial score (nSPS) is 12.9. The Bertz CT molecular complexity index is 1140. The molecule has 4 rings (SSSR count). The minimum atomic E-state index is -0.488. The SMILES string of the molecule is COc1cc(/C=C(\C#N)C(=O)Nc2cccc3ccccc23)cc2c1OCCO2. The molecule has 6 nitrogen and oxygen atoms in total. The summed E-state index contributed by atoms with van der Waals surface area (Å²) in [6, 6.07) is 18.8. The fourth-order valence-electron chi connectivity index (χ4n) is 3.22. The van der Waals surface area contributed by atoms with Gasteiger partial charge >= 0.3 is 0 Å². The summed E-state index contributed by atoms with van der Waals surface area (Å²) in [5.74, 6) is 1.04. The second-order valence-corrected chi connectivity index (χ2v) is 6.40. The standard InChI is InChI=1S/C23H18N2O4/c1-27-20-12-15(13-21-22(20)29-10-9-28-21)11-17(14-24)23(26)25-19-8-4-6-16-5-2-3-7-18(16)19/h2-8,11-13H,9-10H2,1H3,(H,25,26)/b17-11+. The second-order valence-electron chi connectivity index (χ2n) is 6.40. The first-order chi connectivity index (χ1) is 14.2. The van der Waals surface area contributed by atoms with E-state index in [1.54, 1.807) is 12.1 Å². The lowest BCUT2D eigenvalue weighted by atomic mass is 10.1. The number of hydrogen-bond acceptors (Lipinski definition) is 5. The summed E-state index contributed by atoms with van der Waals surface area (Å²) in [6.45, 7) is 0.866. The number of fused-ring (bicyclic) bond motifs is 2. The highest BCUT2D eigenvalue weighted by atomic mass is 16.6. The number of methoxy groups -OCH3 is 1. The number of nitriles is 1. The van der Waals surface area contributed by atoms with E-state index < -0.39 is 5.91 Å². The van der Waals surface area contributed by atoms with Gasteiger partial charge in [-0.2, -0.15) is 5.26 Å². The Labute approximate surface area is 167 Å². The highest BCUT2D eigenvalue weighted by Crippen LogP contribution is 2.40. The van der Waals surface area contributed by atoms with Crippen LogP contribution in [0.15, 0.2) is 60.2 Å². The highest BCUT2D eigenvalue weighted by Gasteiger charge is 2.19. The lowest BCUT2D eigenvalue weighted by Gasteiger charge is -2.21. The van der Waals surface area contributed by atoms with Crippen molar-refractivity contribution >= 4 is 28.4 Å². The van der Waals surface area contributed by atoms with Crippen LogP contribution in [0, 0.1) is 11.3 Å². The predicted octanol–water partition coefficient (Wildman–Crippen LogP) is 4.17. The summed E-state index contributed by atoms with van der Waals surface area (Å²) in [4.78, 5) is 12.7. The third-order valence-electron chi connectivity index (χ3n) is 4.56. The lowest BCUT2D eigenvalue weighted by molar-refractivity contribution is -0.112. The van der Waals surface area contributed by atoms with Crippen LogP contribution in [0.2, 0.25) is 0 Å². The van der Waals surface area contributed by atoms with Crippen LogP contribution >= 0.6 is 0 Å². The maximum Gasteiger partial charge on any atom is 0.266 e. The number of carbonyl (C=O) groups is 1. The van der Waals surface area contributed by atoms with Crippen LogP contribution in [0.5, 0.6) is 17.2 Å². The van der Waals surface area contributed by atoms with Crippen molar-refractivity contribution in [1.82, 2.24) is 0 Å². The molecule has 1 N–H and O–H groups in total. The molecule has 0 spiro atoms. The summed E-state index contributed by atoms with van der Waals surface area (Å²) in [5.41, 5.74) is 1.22. The third kappa shape index (κ3) is 3.71. The first-order valence-electron chi connectivity index (χ1n) is 9.08. The van der Waals surface area contributed by atoms with E-state index in [4.69, 9.17) is 14.2 Å². The van der Waals surface area contributed by atoms with Crippen LogP contribution in [-0.2, 0) is 4.79 Å². The number of nitrogens with zero attached hydrogens (tertiary/aromatic N) is 1. The summed E-state index contributed by atoms with van der Waals surface area (Å²) in [6.07, 6.45) is 1.50. The molecule has 0 aromatic heterocycles. The van der Waals surface area contributed by atoms with Gasteiger partial charge in [-0.1, -0.05) is 36.4 Å². The monoisotopic (exact) mass is 386 g/mol. The van der Waals surface area contributed by atoms with Gasteiger partial charge in [0.1, 0.15) is 24.9 Å². The van der Waals surface area contributed by atoms with E-state index in [-0.39, 0.29) is 5.57 Å². The van der Waals surface area contributed by atoms with Gasteiger partial charge in [0, 0.05) is 11.1 Å². The van der Waals surface area contributed by atoms with Crippen LogP contribution in [0.1, 0.15) is 5.56 Å². The van der Waals surface area contributed by atoms with E-state index in [1.807, 2.05) is 48.5 Å². The van der Waals surface area contributed by atoms with E-state index in [9.17, 15) is 10.1 Å². The molecule has 29 heavy (non-hydrogen) atoms. The molecule has 3 aromatic rings. The number of ether oxygens (including phenoxy) is 3. The molecule has 0 bridgehead atoms. The number of benzene rings is 3. The third-order valence-corrected chi connectivity index (χ3v) is 4.56. The first kappa shape index (κ1) is 18.4. The summed E-state index contributed by atoms with van der Waals surface area (Å²) < 4.78 is 16.5. The van der Waals surface area contributed by atoms with Gasteiger partial charge in [0.25, 0.3) is 5.91 Å². The Hall–Kier alpha value is -3.98. The number of carbonyl (C=O) groups excluding carboxylic acids is 1. The van der Waals surface area contributed by atoms with E-state index >= 15 is 0 Å². The van der Waals surface area contributed by atoms with Gasteiger partial charge in [0.15, 0.2) is 11.5 Å². The molecule has 1 aliphatic rings.